The normalized spacial score (nSPS) is 11.9. The number of imidazole rings is 1. The Bertz CT molecular complexity index is 768. The van der Waals surface area contributed by atoms with Crippen molar-refractivity contribution in [3.63, 3.8) is 0 Å². The highest BCUT2D eigenvalue weighted by Crippen LogP contribution is 2.09. The van der Waals surface area contributed by atoms with E-state index >= 15 is 0 Å². The predicted octanol–water partition coefficient (Wildman–Crippen LogP) is 2.21. The number of benzene rings is 2. The molecule has 2 aromatic carbocycles. The molecule has 0 aliphatic rings. The molecule has 5 nitrogen and oxygen atoms in total. The molecule has 1 heterocycles. The number of aliphatic hydroxyl groups excluding tert-OH is 1. The highest BCUT2D eigenvalue weighted by molar-refractivity contribution is 5.94. The van der Waals surface area contributed by atoms with Crippen LogP contribution in [0.2, 0.25) is 0 Å². The van der Waals surface area contributed by atoms with Crippen LogP contribution in [-0.2, 0) is 6.42 Å². The van der Waals surface area contributed by atoms with Gasteiger partial charge in [-0.15, -0.1) is 0 Å². The van der Waals surface area contributed by atoms with Gasteiger partial charge in [0.1, 0.15) is 0 Å². The van der Waals surface area contributed by atoms with Crippen molar-refractivity contribution in [2.75, 3.05) is 6.54 Å². The van der Waals surface area contributed by atoms with Crippen molar-refractivity contribution in [2.45, 2.75) is 12.5 Å². The lowest BCUT2D eigenvalue weighted by Crippen LogP contribution is -2.33. The smallest absolute Gasteiger partial charge is 0.251 e. The zero-order valence-electron chi connectivity index (χ0n) is 13.2. The van der Waals surface area contributed by atoms with Gasteiger partial charge in [0.15, 0.2) is 0 Å². The monoisotopic (exact) mass is 321 g/mol. The topological polar surface area (TPSA) is 67.2 Å². The van der Waals surface area contributed by atoms with E-state index < -0.39 is 6.10 Å². The van der Waals surface area contributed by atoms with E-state index in [1.54, 1.807) is 24.7 Å². The Labute approximate surface area is 140 Å². The number of amides is 1. The first-order valence-electron chi connectivity index (χ1n) is 7.81. The molecular formula is C19H19N3O2. The molecule has 24 heavy (non-hydrogen) atoms. The fourth-order valence-electron chi connectivity index (χ4n) is 2.47. The zero-order valence-corrected chi connectivity index (χ0v) is 13.2. The molecule has 5 heteroatoms. The van der Waals surface area contributed by atoms with Gasteiger partial charge in [-0.25, -0.2) is 4.98 Å². The van der Waals surface area contributed by atoms with E-state index in [4.69, 9.17) is 0 Å². The van der Waals surface area contributed by atoms with Crippen LogP contribution in [-0.4, -0.2) is 33.2 Å². The Hall–Kier alpha value is -2.92. The van der Waals surface area contributed by atoms with Crippen LogP contribution in [0.25, 0.3) is 5.69 Å². The van der Waals surface area contributed by atoms with Crippen LogP contribution in [0.1, 0.15) is 15.9 Å². The van der Waals surface area contributed by atoms with Crippen molar-refractivity contribution in [3.05, 3.63) is 84.4 Å². The van der Waals surface area contributed by atoms with Gasteiger partial charge in [-0.05, 0) is 29.8 Å². The second kappa shape index (κ2) is 7.57. The first-order chi connectivity index (χ1) is 11.7. The molecule has 0 spiro atoms. The molecule has 1 atom stereocenters. The van der Waals surface area contributed by atoms with Crippen LogP contribution in [0.15, 0.2) is 73.3 Å². The lowest BCUT2D eigenvalue weighted by atomic mass is 10.1. The summed E-state index contributed by atoms with van der Waals surface area (Å²) in [6, 6.07) is 17.0. The molecule has 0 aliphatic carbocycles. The molecule has 0 aliphatic heterocycles. The summed E-state index contributed by atoms with van der Waals surface area (Å²) in [6.07, 6.45) is 5.15. The van der Waals surface area contributed by atoms with Gasteiger partial charge in [0.25, 0.3) is 5.91 Å². The average Bonchev–Trinajstić information content (AvgIpc) is 3.15. The van der Waals surface area contributed by atoms with Crippen molar-refractivity contribution in [1.82, 2.24) is 14.9 Å². The lowest BCUT2D eigenvalue weighted by molar-refractivity contribution is 0.0916. The van der Waals surface area contributed by atoms with E-state index in [0.717, 1.165) is 11.3 Å². The van der Waals surface area contributed by atoms with Gasteiger partial charge in [0, 0.05) is 36.6 Å². The third-order valence-electron chi connectivity index (χ3n) is 3.74. The van der Waals surface area contributed by atoms with Crippen molar-refractivity contribution >= 4 is 5.91 Å². The molecule has 3 rings (SSSR count). The molecule has 2 N–H and O–H groups in total. The van der Waals surface area contributed by atoms with Gasteiger partial charge < -0.3 is 15.0 Å². The molecule has 0 bridgehead atoms. The van der Waals surface area contributed by atoms with Gasteiger partial charge in [-0.2, -0.15) is 0 Å². The van der Waals surface area contributed by atoms with Crippen molar-refractivity contribution in [2.24, 2.45) is 0 Å². The van der Waals surface area contributed by atoms with Crippen LogP contribution >= 0.6 is 0 Å². The van der Waals surface area contributed by atoms with Crippen LogP contribution in [0.3, 0.4) is 0 Å². The minimum atomic E-state index is -0.610. The van der Waals surface area contributed by atoms with Gasteiger partial charge in [0.05, 0.1) is 12.4 Å². The number of hydrogen-bond acceptors (Lipinski definition) is 3. The summed E-state index contributed by atoms with van der Waals surface area (Å²) >= 11 is 0. The van der Waals surface area contributed by atoms with Gasteiger partial charge in [0.2, 0.25) is 0 Å². The lowest BCUT2D eigenvalue weighted by Gasteiger charge is -2.12. The van der Waals surface area contributed by atoms with Gasteiger partial charge >= 0.3 is 0 Å². The van der Waals surface area contributed by atoms with E-state index in [9.17, 15) is 9.90 Å². The molecular weight excluding hydrogens is 302 g/mol. The summed E-state index contributed by atoms with van der Waals surface area (Å²) < 4.78 is 1.87. The summed E-state index contributed by atoms with van der Waals surface area (Å²) in [5.74, 6) is -0.195. The standard InChI is InChI=1S/C19H19N3O2/c23-18(12-15-4-2-1-3-5-15)13-21-19(24)16-6-8-17(9-7-16)22-11-10-20-14-22/h1-11,14,18,23H,12-13H2,(H,21,24). The number of hydrogen-bond donors (Lipinski definition) is 2. The van der Waals surface area contributed by atoms with Crippen molar-refractivity contribution in [1.29, 1.82) is 0 Å². The van der Waals surface area contributed by atoms with E-state index in [1.165, 1.54) is 0 Å². The Kier molecular flexibility index (Phi) is 5.03. The summed E-state index contributed by atoms with van der Waals surface area (Å²) in [4.78, 5) is 16.2. The van der Waals surface area contributed by atoms with Crippen molar-refractivity contribution in [3.8, 4) is 5.69 Å². The van der Waals surface area contributed by atoms with Crippen LogP contribution in [0.5, 0.6) is 0 Å². The highest BCUT2D eigenvalue weighted by atomic mass is 16.3. The maximum atomic E-state index is 12.2. The fraction of sp³-hybridized carbons (Fsp3) is 0.158. The highest BCUT2D eigenvalue weighted by Gasteiger charge is 2.10. The molecule has 1 aromatic heterocycles. The largest absolute Gasteiger partial charge is 0.391 e. The second-order valence-corrected chi connectivity index (χ2v) is 5.57. The Morgan fingerprint density at radius 2 is 1.88 bits per heavy atom. The number of nitrogens with one attached hydrogen (secondary N) is 1. The Balaban J connectivity index is 1.53. The predicted molar refractivity (Wildman–Crippen MR) is 92.1 cm³/mol. The average molecular weight is 321 g/mol. The summed E-state index contributed by atoms with van der Waals surface area (Å²) in [6.45, 7) is 0.219. The minimum Gasteiger partial charge on any atom is -0.391 e. The summed E-state index contributed by atoms with van der Waals surface area (Å²) in [5, 5.41) is 12.8. The number of aliphatic hydroxyl groups is 1. The molecule has 0 saturated carbocycles. The SMILES string of the molecule is O=C(NCC(O)Cc1ccccc1)c1ccc(-n2ccnc2)cc1. The first-order valence-corrected chi connectivity index (χ1v) is 7.81. The number of carbonyl (C=O) groups excluding carboxylic acids is 1. The maximum Gasteiger partial charge on any atom is 0.251 e. The fourth-order valence-corrected chi connectivity index (χ4v) is 2.47. The van der Waals surface area contributed by atoms with Gasteiger partial charge in [-0.3, -0.25) is 4.79 Å². The van der Waals surface area contributed by atoms with Gasteiger partial charge in [-0.1, -0.05) is 30.3 Å². The van der Waals surface area contributed by atoms with Crippen LogP contribution < -0.4 is 5.32 Å². The molecule has 1 unspecified atom stereocenters. The molecule has 3 aromatic rings. The number of carbonyl (C=O) groups is 1. The molecule has 0 saturated heterocycles. The number of rotatable bonds is 6. The molecule has 122 valence electrons. The second-order valence-electron chi connectivity index (χ2n) is 5.57. The summed E-state index contributed by atoms with van der Waals surface area (Å²) in [7, 11) is 0. The number of nitrogens with zero attached hydrogens (tertiary/aromatic N) is 2. The Morgan fingerprint density at radius 1 is 1.12 bits per heavy atom. The maximum absolute atomic E-state index is 12.2. The third-order valence-corrected chi connectivity index (χ3v) is 3.74. The first kappa shape index (κ1) is 16.0. The Morgan fingerprint density at radius 3 is 2.54 bits per heavy atom. The van der Waals surface area contributed by atoms with E-state index in [-0.39, 0.29) is 12.5 Å². The van der Waals surface area contributed by atoms with Crippen molar-refractivity contribution < 1.29 is 9.90 Å². The van der Waals surface area contributed by atoms with E-state index in [2.05, 4.69) is 10.3 Å². The molecule has 0 radical (unpaired) electrons. The quantitative estimate of drug-likeness (QED) is 0.731. The molecule has 0 fully saturated rings. The molecule has 1 amide bonds. The van der Waals surface area contributed by atoms with E-state index in [0.29, 0.717) is 12.0 Å². The number of aromatic nitrogens is 2. The minimum absolute atomic E-state index is 0.195. The van der Waals surface area contributed by atoms with Crippen LogP contribution in [0.4, 0.5) is 0 Å². The zero-order chi connectivity index (χ0) is 16.8. The third kappa shape index (κ3) is 4.08. The summed E-state index contributed by atoms with van der Waals surface area (Å²) in [5.41, 5.74) is 2.54. The van der Waals surface area contributed by atoms with Crippen LogP contribution in [0, 0.1) is 0 Å². The van der Waals surface area contributed by atoms with E-state index in [1.807, 2.05) is 53.2 Å².